The summed E-state index contributed by atoms with van der Waals surface area (Å²) in [6.45, 7) is 13.3. The van der Waals surface area contributed by atoms with Crippen molar-refractivity contribution in [3.05, 3.63) is 156 Å². The van der Waals surface area contributed by atoms with Crippen LogP contribution in [0.1, 0.15) is 77.8 Å². The van der Waals surface area contributed by atoms with Crippen LogP contribution in [0.15, 0.2) is 101 Å². The number of pyridine rings is 4. The van der Waals surface area contributed by atoms with Crippen LogP contribution >= 0.6 is 23.2 Å². The zero-order valence-corrected chi connectivity index (χ0v) is 42.0. The van der Waals surface area contributed by atoms with Gasteiger partial charge in [-0.05, 0) is 84.3 Å². The van der Waals surface area contributed by atoms with Gasteiger partial charge in [0.1, 0.15) is 35.5 Å². The number of carbonyl (C=O) groups is 4. The fourth-order valence-electron chi connectivity index (χ4n) is 7.31. The van der Waals surface area contributed by atoms with Gasteiger partial charge in [0.2, 0.25) is 11.8 Å². The van der Waals surface area contributed by atoms with Crippen molar-refractivity contribution in [2.75, 3.05) is 40.4 Å². The molecule has 4 N–H and O–H groups in total. The van der Waals surface area contributed by atoms with Gasteiger partial charge in [-0.1, -0.05) is 88.7 Å². The maximum absolute atomic E-state index is 13.4. The minimum atomic E-state index is -0.622. The molecule has 0 bridgehead atoms. The van der Waals surface area contributed by atoms with Crippen LogP contribution in [0.25, 0.3) is 28.1 Å². The number of aryl methyl sites for hydroxylation is 1. The molecule has 0 atom stereocenters. The Morgan fingerprint density at radius 3 is 1.44 bits per heavy atom. The zero-order chi connectivity index (χ0) is 51.5. The normalized spacial score (nSPS) is 11.4. The van der Waals surface area contributed by atoms with Crippen LogP contribution in [0, 0.1) is 10.8 Å². The molecule has 4 aromatic heterocycles. The highest BCUT2D eigenvalue weighted by atomic mass is 35.5. The molecule has 2 aromatic carbocycles. The van der Waals surface area contributed by atoms with Crippen molar-refractivity contribution >= 4 is 75.0 Å². The van der Waals surface area contributed by atoms with Crippen molar-refractivity contribution in [2.24, 2.45) is 10.8 Å². The lowest BCUT2D eigenvalue weighted by atomic mass is 9.94. The van der Waals surface area contributed by atoms with E-state index in [4.69, 9.17) is 23.2 Å². The van der Waals surface area contributed by atoms with Crippen LogP contribution in [-0.4, -0.2) is 103 Å². The monoisotopic (exact) mass is 994 g/mol. The second kappa shape index (κ2) is 23.7. The molecule has 6 rings (SSSR count). The molecule has 0 aliphatic carbocycles. The van der Waals surface area contributed by atoms with Crippen molar-refractivity contribution in [3.8, 4) is 0 Å². The summed E-state index contributed by atoms with van der Waals surface area (Å²) in [5.74, 6) is -1.77. The number of fused-ring (bicyclic) bond motifs is 2. The largest absolute Gasteiger partial charge is 0.396 e. The first kappa shape index (κ1) is 54.2. The Kier molecular flexibility index (Phi) is 18.4. The maximum atomic E-state index is 13.4. The number of aliphatic hydroxyl groups is 2. The maximum Gasteiger partial charge on any atom is 0.265 e. The highest BCUT2D eigenvalue weighted by molar-refractivity contribution is 6.30. The predicted molar refractivity (Wildman–Crippen MR) is 274 cm³/mol. The van der Waals surface area contributed by atoms with Gasteiger partial charge in [-0.25, -0.2) is 9.97 Å². The number of benzene rings is 2. The summed E-state index contributed by atoms with van der Waals surface area (Å²) in [4.78, 5) is 90.7. The van der Waals surface area contributed by atoms with Gasteiger partial charge in [0.25, 0.3) is 22.9 Å². The van der Waals surface area contributed by atoms with Gasteiger partial charge >= 0.3 is 0 Å². The lowest BCUT2D eigenvalue weighted by Crippen LogP contribution is -2.41. The Morgan fingerprint density at radius 2 is 1.06 bits per heavy atom. The van der Waals surface area contributed by atoms with E-state index in [9.17, 15) is 39.0 Å². The highest BCUT2D eigenvalue weighted by Gasteiger charge is 2.26. The number of hydrogen-bond donors (Lipinski definition) is 4. The molecule has 370 valence electrons. The Morgan fingerprint density at radius 1 is 0.657 bits per heavy atom. The van der Waals surface area contributed by atoms with Gasteiger partial charge in [-0.2, -0.15) is 0 Å². The van der Waals surface area contributed by atoms with Gasteiger partial charge in [-0.3, -0.25) is 37.9 Å². The molecule has 4 amide bonds. The zero-order valence-electron chi connectivity index (χ0n) is 40.5. The van der Waals surface area contributed by atoms with E-state index in [0.29, 0.717) is 51.7 Å². The molecule has 0 radical (unpaired) electrons. The van der Waals surface area contributed by atoms with E-state index < -0.39 is 33.8 Å². The Bertz CT molecular complexity index is 3010. The molecule has 70 heavy (non-hydrogen) atoms. The Hall–Kier alpha value is -6.72. The molecule has 4 heterocycles. The third-order valence-corrected chi connectivity index (χ3v) is 11.9. The van der Waals surface area contributed by atoms with E-state index in [1.54, 1.807) is 86.9 Å². The van der Waals surface area contributed by atoms with Gasteiger partial charge in [0, 0.05) is 90.8 Å². The molecule has 6 aromatic rings. The molecule has 0 spiro atoms. The van der Waals surface area contributed by atoms with Gasteiger partial charge in [0.15, 0.2) is 0 Å². The molecule has 0 aliphatic rings. The Labute approximate surface area is 416 Å². The molecule has 18 heteroatoms. The molecule has 16 nitrogen and oxygen atoms in total. The minimum absolute atomic E-state index is 0.0661. The average molecular weight is 996 g/mol. The first-order valence-electron chi connectivity index (χ1n) is 22.5. The molecule has 0 saturated heterocycles. The second-order valence-corrected chi connectivity index (χ2v) is 19.5. The van der Waals surface area contributed by atoms with E-state index in [-0.39, 0.29) is 68.0 Å². The summed E-state index contributed by atoms with van der Waals surface area (Å²) in [6.07, 6.45) is 2.20. The topological polar surface area (TPSA) is 209 Å². The minimum Gasteiger partial charge on any atom is -0.396 e. The first-order chi connectivity index (χ1) is 33.1. The van der Waals surface area contributed by atoms with E-state index in [0.717, 1.165) is 16.8 Å². The number of carbonyl (C=O) groups excluding carboxylic acids is 4. The summed E-state index contributed by atoms with van der Waals surface area (Å²) in [5.41, 5.74) is 1.24. The summed E-state index contributed by atoms with van der Waals surface area (Å²) in [7, 11) is 3.23. The fourth-order valence-corrected chi connectivity index (χ4v) is 7.56. The smallest absolute Gasteiger partial charge is 0.265 e. The third kappa shape index (κ3) is 14.2. The number of hydrogen-bond acceptors (Lipinski definition) is 10. The van der Waals surface area contributed by atoms with Gasteiger partial charge in [-0.15, -0.1) is 0 Å². The van der Waals surface area contributed by atoms with E-state index in [1.165, 1.54) is 31.1 Å². The average Bonchev–Trinajstić information content (AvgIpc) is 3.34. The molecule has 0 saturated carbocycles. The van der Waals surface area contributed by atoms with Gasteiger partial charge < -0.3 is 30.6 Å². The van der Waals surface area contributed by atoms with Crippen molar-refractivity contribution in [1.82, 2.24) is 39.5 Å². The van der Waals surface area contributed by atoms with E-state index >= 15 is 0 Å². The SMILES string of the molecule is C=Cc1ccc2cc(C(=O)NCc3ccc(Cl)cc3)c(=O)n(CC(=O)N(C)CC(C)(C)CO)c2n1.CCc1ccc2cc(C(=O)NCc3ccc(Cl)cc3)c(=O)n(CC(=O)N(C)CC(C)(C)CO)c2n1. The number of rotatable bonds is 18. The van der Waals surface area contributed by atoms with Crippen LogP contribution in [0.5, 0.6) is 0 Å². The lowest BCUT2D eigenvalue weighted by molar-refractivity contribution is -0.132. The first-order valence-corrected chi connectivity index (χ1v) is 23.3. The lowest BCUT2D eigenvalue weighted by Gasteiger charge is -2.28. The number of aliphatic hydroxyl groups excluding tert-OH is 2. The molecule has 0 unspecified atom stereocenters. The number of aromatic nitrogens is 4. The van der Waals surface area contributed by atoms with Crippen molar-refractivity contribution in [3.63, 3.8) is 0 Å². The van der Waals surface area contributed by atoms with Crippen LogP contribution < -0.4 is 21.8 Å². The molecular weight excluding hydrogens is 936 g/mol. The standard InChI is InChI=1S/C26H31ClN4O4.C26H29ClN4O4/c2*1-5-20-11-8-18-12-21(24(34)28-13-17-6-9-19(27)10-7-17)25(35)31(23(18)29-20)14-22(33)30(4)15-26(2,3)16-32/h6-12,32H,5,13-16H2,1-4H3,(H,28,34);5-12,32H,1,13-16H2,2-4H3,(H,28,34). The summed E-state index contributed by atoms with van der Waals surface area (Å²) < 4.78 is 2.47. The van der Waals surface area contributed by atoms with Crippen molar-refractivity contribution in [1.29, 1.82) is 0 Å². The van der Waals surface area contributed by atoms with E-state index in [2.05, 4.69) is 27.2 Å². The number of halogens is 2. The number of nitrogens with zero attached hydrogens (tertiary/aromatic N) is 6. The van der Waals surface area contributed by atoms with Crippen molar-refractivity contribution in [2.45, 2.75) is 67.2 Å². The van der Waals surface area contributed by atoms with Gasteiger partial charge in [0.05, 0.1) is 5.69 Å². The summed E-state index contributed by atoms with van der Waals surface area (Å²) >= 11 is 11.8. The third-order valence-electron chi connectivity index (χ3n) is 11.4. The number of likely N-dealkylation sites (N-methyl/N-ethyl adjacent to an activating group) is 2. The highest BCUT2D eigenvalue weighted by Crippen LogP contribution is 2.20. The summed E-state index contributed by atoms with van der Waals surface area (Å²) in [5, 5.41) is 26.9. The van der Waals surface area contributed by atoms with E-state index in [1.807, 2.05) is 40.7 Å². The summed E-state index contributed by atoms with van der Waals surface area (Å²) in [6, 6.07) is 24.1. The van der Waals surface area contributed by atoms with Crippen LogP contribution in [0.2, 0.25) is 10.0 Å². The second-order valence-electron chi connectivity index (χ2n) is 18.6. The fraction of sp³-hybridized carbons (Fsp3) is 0.346. The molecular formula is C52H60Cl2N8O8. The number of amides is 4. The van der Waals surface area contributed by atoms with Crippen LogP contribution in [0.4, 0.5) is 0 Å². The van der Waals surface area contributed by atoms with Crippen LogP contribution in [0.3, 0.4) is 0 Å². The molecule has 0 aliphatic heterocycles. The van der Waals surface area contributed by atoms with Crippen LogP contribution in [-0.2, 0) is 42.2 Å². The number of nitrogens with one attached hydrogen (secondary N) is 2. The predicted octanol–water partition coefficient (Wildman–Crippen LogP) is 6.12. The molecule has 0 fully saturated rings. The van der Waals surface area contributed by atoms with Crippen molar-refractivity contribution < 1.29 is 29.4 Å². The quantitative estimate of drug-likeness (QED) is 0.0776. The Balaban J connectivity index is 0.000000261.